The van der Waals surface area contributed by atoms with Gasteiger partial charge in [-0.25, -0.2) is 0 Å². The van der Waals surface area contributed by atoms with E-state index in [1.807, 2.05) is 0 Å². The van der Waals surface area contributed by atoms with Gasteiger partial charge in [0.25, 0.3) is 0 Å². The van der Waals surface area contributed by atoms with Gasteiger partial charge >= 0.3 is 0 Å². The summed E-state index contributed by atoms with van der Waals surface area (Å²) in [6.07, 6.45) is 3.57. The Morgan fingerprint density at radius 2 is 1.92 bits per heavy atom. The number of rotatable bonds is 7. The number of aliphatic imine (C=N–C) groups is 1. The van der Waals surface area contributed by atoms with Crippen molar-refractivity contribution in [2.75, 3.05) is 40.4 Å². The molecule has 1 aliphatic heterocycles. The average Bonchev–Trinajstić information content (AvgIpc) is 3.44. The van der Waals surface area contributed by atoms with E-state index in [2.05, 4.69) is 34.6 Å². The molecule has 138 valence electrons. The van der Waals surface area contributed by atoms with Gasteiger partial charge in [0.05, 0.1) is 20.8 Å². The van der Waals surface area contributed by atoms with Crippen LogP contribution in [0.4, 0.5) is 0 Å². The largest absolute Gasteiger partial charge is 0.493 e. The Bertz CT molecular complexity index is 614. The van der Waals surface area contributed by atoms with Crippen LogP contribution < -0.4 is 20.1 Å². The molecule has 1 heterocycles. The van der Waals surface area contributed by atoms with Crippen LogP contribution in [0.25, 0.3) is 0 Å². The van der Waals surface area contributed by atoms with Crippen LogP contribution in [0.5, 0.6) is 11.5 Å². The maximum atomic E-state index is 5.44. The predicted octanol–water partition coefficient (Wildman–Crippen LogP) is 1.78. The van der Waals surface area contributed by atoms with E-state index in [1.54, 1.807) is 14.2 Å². The predicted molar refractivity (Wildman–Crippen MR) is 101 cm³/mol. The fourth-order valence-corrected chi connectivity index (χ4v) is 3.18. The Morgan fingerprint density at radius 3 is 2.56 bits per heavy atom. The Morgan fingerprint density at radius 1 is 1.20 bits per heavy atom. The van der Waals surface area contributed by atoms with Crippen LogP contribution in [0, 0.1) is 0 Å². The van der Waals surface area contributed by atoms with E-state index < -0.39 is 0 Å². The van der Waals surface area contributed by atoms with Crippen molar-refractivity contribution in [2.45, 2.75) is 38.8 Å². The summed E-state index contributed by atoms with van der Waals surface area (Å²) in [6.45, 7) is 6.78. The zero-order valence-corrected chi connectivity index (χ0v) is 15.6. The number of fused-ring (bicyclic) bond motifs is 1. The van der Waals surface area contributed by atoms with Crippen molar-refractivity contribution in [1.29, 1.82) is 0 Å². The summed E-state index contributed by atoms with van der Waals surface area (Å²) >= 11 is 0. The Labute approximate surface area is 150 Å². The van der Waals surface area contributed by atoms with Crippen molar-refractivity contribution in [3.63, 3.8) is 0 Å². The first kappa shape index (κ1) is 17.9. The zero-order chi connectivity index (χ0) is 17.6. The molecule has 0 unspecified atom stereocenters. The molecular formula is C19H30N4O2. The molecule has 1 aliphatic carbocycles. The first-order valence-electron chi connectivity index (χ1n) is 9.24. The Kier molecular flexibility index (Phi) is 6.02. The lowest BCUT2D eigenvalue weighted by atomic mass is 9.99. The van der Waals surface area contributed by atoms with Crippen LogP contribution in [-0.2, 0) is 13.0 Å². The van der Waals surface area contributed by atoms with Gasteiger partial charge in [0, 0.05) is 32.2 Å². The fraction of sp³-hybridized carbons (Fsp3) is 0.632. The molecule has 0 amide bonds. The molecule has 0 bridgehead atoms. The molecule has 1 aromatic carbocycles. The SMILES string of the molecule is CCNC(=NCCN1CCc2cc(OC)c(OC)cc2C1)NC1CC1. The van der Waals surface area contributed by atoms with Crippen molar-refractivity contribution < 1.29 is 9.47 Å². The van der Waals surface area contributed by atoms with Crippen LogP contribution in [-0.4, -0.2) is 57.3 Å². The number of methoxy groups -OCH3 is 2. The topological polar surface area (TPSA) is 58.1 Å². The van der Waals surface area contributed by atoms with Gasteiger partial charge in [-0.05, 0) is 49.4 Å². The summed E-state index contributed by atoms with van der Waals surface area (Å²) in [6, 6.07) is 4.86. The van der Waals surface area contributed by atoms with Gasteiger partial charge in [0.15, 0.2) is 17.5 Å². The Balaban J connectivity index is 1.56. The monoisotopic (exact) mass is 346 g/mol. The smallest absolute Gasteiger partial charge is 0.191 e. The first-order chi connectivity index (χ1) is 12.2. The van der Waals surface area contributed by atoms with Crippen molar-refractivity contribution in [3.05, 3.63) is 23.3 Å². The highest BCUT2D eigenvalue weighted by Crippen LogP contribution is 2.33. The lowest BCUT2D eigenvalue weighted by molar-refractivity contribution is 0.260. The molecule has 25 heavy (non-hydrogen) atoms. The molecule has 6 nitrogen and oxygen atoms in total. The number of nitrogens with one attached hydrogen (secondary N) is 2. The van der Waals surface area contributed by atoms with Crippen molar-refractivity contribution in [3.8, 4) is 11.5 Å². The summed E-state index contributed by atoms with van der Waals surface area (Å²) in [4.78, 5) is 7.17. The quantitative estimate of drug-likeness (QED) is 0.582. The van der Waals surface area contributed by atoms with Crippen molar-refractivity contribution in [2.24, 2.45) is 4.99 Å². The third kappa shape index (κ3) is 4.78. The summed E-state index contributed by atoms with van der Waals surface area (Å²) < 4.78 is 10.8. The third-order valence-corrected chi connectivity index (χ3v) is 4.75. The summed E-state index contributed by atoms with van der Waals surface area (Å²) in [5, 5.41) is 6.79. The highest BCUT2D eigenvalue weighted by Gasteiger charge is 2.22. The van der Waals surface area contributed by atoms with Crippen LogP contribution in [0.1, 0.15) is 30.9 Å². The van der Waals surface area contributed by atoms with E-state index >= 15 is 0 Å². The molecule has 6 heteroatoms. The molecule has 0 atom stereocenters. The zero-order valence-electron chi connectivity index (χ0n) is 15.6. The molecular weight excluding hydrogens is 316 g/mol. The Hall–Kier alpha value is -1.95. The van der Waals surface area contributed by atoms with Crippen LogP contribution in [0.2, 0.25) is 0 Å². The number of hydrogen-bond donors (Lipinski definition) is 2. The van der Waals surface area contributed by atoms with Crippen molar-refractivity contribution >= 4 is 5.96 Å². The van der Waals surface area contributed by atoms with E-state index in [4.69, 9.17) is 14.5 Å². The molecule has 1 saturated carbocycles. The molecule has 0 aromatic heterocycles. The fourth-order valence-electron chi connectivity index (χ4n) is 3.18. The molecule has 2 aliphatic rings. The van der Waals surface area contributed by atoms with Gasteiger partial charge in [-0.2, -0.15) is 0 Å². The van der Waals surface area contributed by atoms with Crippen molar-refractivity contribution in [1.82, 2.24) is 15.5 Å². The highest BCUT2D eigenvalue weighted by molar-refractivity contribution is 5.80. The van der Waals surface area contributed by atoms with E-state index in [0.29, 0.717) is 6.04 Å². The minimum Gasteiger partial charge on any atom is -0.493 e. The second-order valence-corrected chi connectivity index (χ2v) is 6.68. The summed E-state index contributed by atoms with van der Waals surface area (Å²) in [7, 11) is 3.38. The second-order valence-electron chi connectivity index (χ2n) is 6.68. The van der Waals surface area contributed by atoms with Crippen LogP contribution in [0.15, 0.2) is 17.1 Å². The molecule has 0 radical (unpaired) electrons. The molecule has 2 N–H and O–H groups in total. The van der Waals surface area contributed by atoms with Gasteiger partial charge in [0.1, 0.15) is 0 Å². The molecule has 1 fully saturated rings. The van der Waals surface area contributed by atoms with Crippen LogP contribution in [0.3, 0.4) is 0 Å². The van der Waals surface area contributed by atoms with Gasteiger partial charge in [-0.1, -0.05) is 0 Å². The minimum absolute atomic E-state index is 0.627. The summed E-state index contributed by atoms with van der Waals surface area (Å²) in [5.41, 5.74) is 2.69. The molecule has 1 aromatic rings. The molecule has 0 saturated heterocycles. The lowest BCUT2D eigenvalue weighted by Gasteiger charge is -2.29. The first-order valence-corrected chi connectivity index (χ1v) is 9.24. The van der Waals surface area contributed by atoms with E-state index in [-0.39, 0.29) is 0 Å². The number of guanidine groups is 1. The maximum Gasteiger partial charge on any atom is 0.191 e. The number of nitrogens with zero attached hydrogens (tertiary/aromatic N) is 2. The summed E-state index contributed by atoms with van der Waals surface area (Å²) in [5.74, 6) is 2.58. The number of hydrogen-bond acceptors (Lipinski definition) is 4. The van der Waals surface area contributed by atoms with Gasteiger partial charge in [0.2, 0.25) is 0 Å². The average molecular weight is 346 g/mol. The van der Waals surface area contributed by atoms with Gasteiger partial charge in [-0.15, -0.1) is 0 Å². The van der Waals surface area contributed by atoms with E-state index in [0.717, 1.165) is 56.6 Å². The molecule has 3 rings (SSSR count). The highest BCUT2D eigenvalue weighted by atomic mass is 16.5. The van der Waals surface area contributed by atoms with E-state index in [1.165, 1.54) is 24.0 Å². The van der Waals surface area contributed by atoms with Gasteiger partial charge < -0.3 is 20.1 Å². The number of benzene rings is 1. The lowest BCUT2D eigenvalue weighted by Crippen LogP contribution is -2.39. The van der Waals surface area contributed by atoms with Gasteiger partial charge in [-0.3, -0.25) is 9.89 Å². The standard InChI is InChI=1S/C19H30N4O2/c1-4-20-19(22-16-5-6-16)21-8-10-23-9-7-14-11-17(24-2)18(25-3)12-15(14)13-23/h11-12,16H,4-10,13H2,1-3H3,(H2,20,21,22). The van der Waals surface area contributed by atoms with E-state index in [9.17, 15) is 0 Å². The second kappa shape index (κ2) is 8.43. The maximum absolute atomic E-state index is 5.44. The minimum atomic E-state index is 0.627. The third-order valence-electron chi connectivity index (χ3n) is 4.75. The number of ether oxygens (including phenoxy) is 2. The van der Waals surface area contributed by atoms with Crippen LogP contribution >= 0.6 is 0 Å². The normalized spacial score (nSPS) is 17.8. The molecule has 0 spiro atoms.